The van der Waals surface area contributed by atoms with Gasteiger partial charge in [0.05, 0.1) is 0 Å². The summed E-state index contributed by atoms with van der Waals surface area (Å²) in [5.74, 6) is 0. The minimum absolute atomic E-state index is 0.227. The molecule has 104 valence electrons. The van der Waals surface area contributed by atoms with Gasteiger partial charge in [-0.15, -0.1) is 0 Å². The zero-order valence-electron chi connectivity index (χ0n) is 11.5. The van der Waals surface area contributed by atoms with Gasteiger partial charge in [0.2, 0.25) is 0 Å². The zero-order valence-corrected chi connectivity index (χ0v) is 11.5. The van der Waals surface area contributed by atoms with Gasteiger partial charge in [0, 0.05) is 50.3 Å². The SMILES string of the molecule is OCC1(CN2CC3(CCOCC3)C2)CCCCC1. The molecule has 1 N–H and O–H groups in total. The van der Waals surface area contributed by atoms with Gasteiger partial charge in [0.1, 0.15) is 0 Å². The average molecular weight is 253 g/mol. The smallest absolute Gasteiger partial charge is 0.0499 e. The summed E-state index contributed by atoms with van der Waals surface area (Å²) in [6, 6.07) is 0. The molecule has 2 saturated heterocycles. The van der Waals surface area contributed by atoms with Crippen molar-refractivity contribution in [3.8, 4) is 0 Å². The van der Waals surface area contributed by atoms with Gasteiger partial charge in [0.15, 0.2) is 0 Å². The molecule has 0 atom stereocenters. The maximum absolute atomic E-state index is 9.77. The lowest BCUT2D eigenvalue weighted by atomic mass is 9.69. The highest BCUT2D eigenvalue weighted by Crippen LogP contribution is 2.43. The maximum atomic E-state index is 9.77. The largest absolute Gasteiger partial charge is 0.396 e. The standard InChI is InChI=1S/C15H27NO2/c17-13-15(4-2-1-3-5-15)12-16-10-14(11-16)6-8-18-9-7-14/h17H,1-13H2. The molecule has 3 heteroatoms. The lowest BCUT2D eigenvalue weighted by molar-refractivity contribution is -0.102. The molecule has 3 nitrogen and oxygen atoms in total. The zero-order chi connectivity index (χ0) is 12.5. The lowest BCUT2D eigenvalue weighted by Crippen LogP contribution is -2.61. The van der Waals surface area contributed by atoms with Crippen LogP contribution in [0.3, 0.4) is 0 Å². The fraction of sp³-hybridized carbons (Fsp3) is 1.00. The summed E-state index contributed by atoms with van der Waals surface area (Å²) in [6.07, 6.45) is 8.95. The molecule has 0 aromatic heterocycles. The second kappa shape index (κ2) is 5.10. The van der Waals surface area contributed by atoms with Crippen molar-refractivity contribution in [3.05, 3.63) is 0 Å². The van der Waals surface area contributed by atoms with E-state index < -0.39 is 0 Å². The summed E-state index contributed by atoms with van der Waals surface area (Å²) in [7, 11) is 0. The van der Waals surface area contributed by atoms with Crippen LogP contribution < -0.4 is 0 Å². The van der Waals surface area contributed by atoms with E-state index in [1.807, 2.05) is 0 Å². The molecule has 0 radical (unpaired) electrons. The molecule has 0 unspecified atom stereocenters. The predicted molar refractivity (Wildman–Crippen MR) is 71.5 cm³/mol. The van der Waals surface area contributed by atoms with Gasteiger partial charge in [-0.2, -0.15) is 0 Å². The van der Waals surface area contributed by atoms with Crippen molar-refractivity contribution in [2.24, 2.45) is 10.8 Å². The molecule has 0 aromatic carbocycles. The Morgan fingerprint density at radius 1 is 0.944 bits per heavy atom. The minimum atomic E-state index is 0.227. The summed E-state index contributed by atoms with van der Waals surface area (Å²) in [4.78, 5) is 2.59. The first-order valence-corrected chi connectivity index (χ1v) is 7.67. The topological polar surface area (TPSA) is 32.7 Å². The van der Waals surface area contributed by atoms with Crippen molar-refractivity contribution in [1.29, 1.82) is 0 Å². The molecule has 1 saturated carbocycles. The second-order valence-corrected chi connectivity index (χ2v) is 6.98. The van der Waals surface area contributed by atoms with Crippen LogP contribution in [0.5, 0.6) is 0 Å². The van der Waals surface area contributed by atoms with E-state index in [4.69, 9.17) is 4.74 Å². The molecule has 0 amide bonds. The van der Waals surface area contributed by atoms with E-state index in [1.54, 1.807) is 0 Å². The Labute approximate surface area is 110 Å². The van der Waals surface area contributed by atoms with Gasteiger partial charge >= 0.3 is 0 Å². The van der Waals surface area contributed by atoms with Gasteiger partial charge in [-0.05, 0) is 25.7 Å². The highest BCUT2D eigenvalue weighted by atomic mass is 16.5. The quantitative estimate of drug-likeness (QED) is 0.835. The van der Waals surface area contributed by atoms with Gasteiger partial charge < -0.3 is 14.7 Å². The number of hydrogen-bond donors (Lipinski definition) is 1. The molecule has 0 aromatic rings. The lowest BCUT2D eigenvalue weighted by Gasteiger charge is -2.55. The molecule has 18 heavy (non-hydrogen) atoms. The summed E-state index contributed by atoms with van der Waals surface area (Å²) in [5, 5.41) is 9.77. The second-order valence-electron chi connectivity index (χ2n) is 6.98. The van der Waals surface area contributed by atoms with Crippen molar-refractivity contribution < 1.29 is 9.84 Å². The van der Waals surface area contributed by atoms with Crippen molar-refractivity contribution in [2.45, 2.75) is 44.9 Å². The van der Waals surface area contributed by atoms with Crippen molar-refractivity contribution in [2.75, 3.05) is 39.5 Å². The predicted octanol–water partition coefficient (Wildman–Crippen LogP) is 2.04. The first-order valence-electron chi connectivity index (χ1n) is 7.67. The van der Waals surface area contributed by atoms with E-state index >= 15 is 0 Å². The Morgan fingerprint density at radius 3 is 2.22 bits per heavy atom. The van der Waals surface area contributed by atoms with E-state index in [-0.39, 0.29) is 5.41 Å². The Balaban J connectivity index is 1.52. The van der Waals surface area contributed by atoms with Gasteiger partial charge in [0.25, 0.3) is 0 Å². The van der Waals surface area contributed by atoms with Crippen LogP contribution in [-0.4, -0.2) is 49.5 Å². The number of rotatable bonds is 3. The Bertz CT molecular complexity index is 272. The fourth-order valence-electron chi connectivity index (χ4n) is 4.28. The van der Waals surface area contributed by atoms with Crippen LogP contribution >= 0.6 is 0 Å². The summed E-state index contributed by atoms with van der Waals surface area (Å²) < 4.78 is 5.47. The molecule has 2 aliphatic heterocycles. The first kappa shape index (κ1) is 12.9. The third-order valence-electron chi connectivity index (χ3n) is 5.48. The summed E-state index contributed by atoms with van der Waals surface area (Å²) in [5.41, 5.74) is 0.800. The molecule has 2 heterocycles. The van der Waals surface area contributed by atoms with Crippen LogP contribution in [0.15, 0.2) is 0 Å². The van der Waals surface area contributed by atoms with Crippen LogP contribution in [0.25, 0.3) is 0 Å². The number of ether oxygens (including phenoxy) is 1. The number of likely N-dealkylation sites (tertiary alicyclic amines) is 1. The van der Waals surface area contributed by atoms with Crippen LogP contribution in [0.4, 0.5) is 0 Å². The minimum Gasteiger partial charge on any atom is -0.396 e. The Kier molecular flexibility index (Phi) is 3.65. The van der Waals surface area contributed by atoms with E-state index in [1.165, 1.54) is 58.0 Å². The van der Waals surface area contributed by atoms with E-state index in [0.29, 0.717) is 12.0 Å². The van der Waals surface area contributed by atoms with Gasteiger partial charge in [-0.3, -0.25) is 0 Å². The van der Waals surface area contributed by atoms with Crippen LogP contribution in [-0.2, 0) is 4.74 Å². The molecular weight excluding hydrogens is 226 g/mol. The van der Waals surface area contributed by atoms with Crippen LogP contribution in [0.2, 0.25) is 0 Å². The van der Waals surface area contributed by atoms with Crippen LogP contribution in [0.1, 0.15) is 44.9 Å². The average Bonchev–Trinajstić information content (AvgIpc) is 2.39. The molecule has 1 aliphatic carbocycles. The summed E-state index contributed by atoms with van der Waals surface area (Å²) >= 11 is 0. The molecule has 3 rings (SSSR count). The monoisotopic (exact) mass is 253 g/mol. The fourth-order valence-corrected chi connectivity index (χ4v) is 4.28. The molecule has 3 aliphatic rings. The van der Waals surface area contributed by atoms with Crippen molar-refractivity contribution in [3.63, 3.8) is 0 Å². The molecule has 1 spiro atoms. The Hall–Kier alpha value is -0.120. The van der Waals surface area contributed by atoms with Gasteiger partial charge in [-0.1, -0.05) is 19.3 Å². The first-order chi connectivity index (χ1) is 8.76. The van der Waals surface area contributed by atoms with E-state index in [2.05, 4.69) is 4.90 Å². The molecule has 3 fully saturated rings. The van der Waals surface area contributed by atoms with Gasteiger partial charge in [-0.25, -0.2) is 0 Å². The number of hydrogen-bond acceptors (Lipinski definition) is 3. The Morgan fingerprint density at radius 2 is 1.61 bits per heavy atom. The number of aliphatic hydroxyl groups is 1. The summed E-state index contributed by atoms with van der Waals surface area (Å²) in [6.45, 7) is 5.93. The maximum Gasteiger partial charge on any atom is 0.0499 e. The number of aliphatic hydroxyl groups excluding tert-OH is 1. The number of nitrogens with zero attached hydrogens (tertiary/aromatic N) is 1. The van der Waals surface area contributed by atoms with Crippen LogP contribution in [0, 0.1) is 10.8 Å². The van der Waals surface area contributed by atoms with E-state index in [0.717, 1.165) is 19.8 Å². The third kappa shape index (κ3) is 2.45. The van der Waals surface area contributed by atoms with E-state index in [9.17, 15) is 5.11 Å². The normalized spacial score (nSPS) is 31.2. The molecular formula is C15H27NO2. The highest BCUT2D eigenvalue weighted by molar-refractivity contribution is 4.98. The van der Waals surface area contributed by atoms with Crippen molar-refractivity contribution in [1.82, 2.24) is 4.90 Å². The molecule has 0 bridgehead atoms. The highest BCUT2D eigenvalue weighted by Gasteiger charge is 2.46. The third-order valence-corrected chi connectivity index (χ3v) is 5.48. The van der Waals surface area contributed by atoms with Crippen molar-refractivity contribution >= 4 is 0 Å².